The Morgan fingerprint density at radius 1 is 0.600 bits per heavy atom. The number of rotatable bonds is 9. The molecular formula is C32H28N8. The summed E-state index contributed by atoms with van der Waals surface area (Å²) in [5.74, 6) is 0.743. The van der Waals surface area contributed by atoms with E-state index < -0.39 is 0 Å². The molecule has 0 amide bonds. The molecule has 6 aromatic rings. The van der Waals surface area contributed by atoms with Crippen molar-refractivity contribution in [2.45, 2.75) is 39.0 Å². The summed E-state index contributed by atoms with van der Waals surface area (Å²) in [6, 6.07) is 16.1. The van der Waals surface area contributed by atoms with Crippen molar-refractivity contribution in [1.29, 1.82) is 0 Å². The third-order valence-electron chi connectivity index (χ3n) is 7.06. The Kier molecular flexibility index (Phi) is 7.48. The summed E-state index contributed by atoms with van der Waals surface area (Å²) < 4.78 is 0. The van der Waals surface area contributed by atoms with Crippen molar-refractivity contribution in [2.24, 2.45) is 0 Å². The van der Waals surface area contributed by atoms with Crippen molar-refractivity contribution in [2.75, 3.05) is 0 Å². The molecule has 1 aromatic carbocycles. The number of hydrogen-bond acceptors (Lipinski definition) is 8. The van der Waals surface area contributed by atoms with Gasteiger partial charge in [-0.05, 0) is 78.4 Å². The topological polar surface area (TPSA) is 103 Å². The van der Waals surface area contributed by atoms with E-state index in [4.69, 9.17) is 4.98 Å². The maximum atomic E-state index is 5.25. The zero-order valence-electron chi connectivity index (χ0n) is 22.3. The van der Waals surface area contributed by atoms with Crippen molar-refractivity contribution < 1.29 is 0 Å². The highest BCUT2D eigenvalue weighted by Gasteiger charge is 2.21. The van der Waals surface area contributed by atoms with Crippen LogP contribution < -0.4 is 0 Å². The molecule has 5 aromatic heterocycles. The van der Waals surface area contributed by atoms with Crippen molar-refractivity contribution in [1.82, 2.24) is 40.1 Å². The van der Waals surface area contributed by atoms with Gasteiger partial charge in [0.05, 0.1) is 22.6 Å². The van der Waals surface area contributed by atoms with Crippen LogP contribution in [0.4, 0.5) is 0 Å². The Morgan fingerprint density at radius 2 is 1.45 bits per heavy atom. The maximum Gasteiger partial charge on any atom is 0.132 e. The molecule has 0 atom stereocenters. The molecule has 0 saturated heterocycles. The number of benzene rings is 1. The van der Waals surface area contributed by atoms with Crippen molar-refractivity contribution >= 4 is 10.9 Å². The summed E-state index contributed by atoms with van der Waals surface area (Å²) in [6.07, 6.45) is 15.7. The molecule has 0 aliphatic rings. The van der Waals surface area contributed by atoms with Gasteiger partial charge in [0.1, 0.15) is 5.82 Å². The standard InChI is InChI=1S/C32H28N8/c1-22-8-11-29-32(26(22)10-9-23-6-2-3-12-34-23)28(18-24-7-4-15-38-40-24)27(20-31-36-13-5-14-37-31)30(39-29)19-25-21-33-16-17-35-25/h2-8,11-17,21H,9-10,18-20H2,1H3. The monoisotopic (exact) mass is 524 g/mol. The molecule has 5 heterocycles. The van der Waals surface area contributed by atoms with E-state index in [2.05, 4.69) is 60.2 Å². The van der Waals surface area contributed by atoms with E-state index in [0.29, 0.717) is 19.3 Å². The summed E-state index contributed by atoms with van der Waals surface area (Å²) in [5.41, 5.74) is 9.50. The Balaban J connectivity index is 1.57. The van der Waals surface area contributed by atoms with Crippen LogP contribution in [0.25, 0.3) is 10.9 Å². The first-order valence-electron chi connectivity index (χ1n) is 13.3. The molecule has 0 fully saturated rings. The number of pyridine rings is 2. The van der Waals surface area contributed by atoms with E-state index in [0.717, 1.165) is 57.9 Å². The molecule has 0 saturated carbocycles. The smallest absolute Gasteiger partial charge is 0.132 e. The Morgan fingerprint density at radius 3 is 2.23 bits per heavy atom. The highest BCUT2D eigenvalue weighted by Crippen LogP contribution is 2.33. The number of aromatic nitrogens is 8. The van der Waals surface area contributed by atoms with Crippen LogP contribution in [0.5, 0.6) is 0 Å². The summed E-state index contributed by atoms with van der Waals surface area (Å²) >= 11 is 0. The molecule has 196 valence electrons. The SMILES string of the molecule is Cc1ccc2nc(Cc3cnccn3)c(Cc3ncccn3)c(Cc3cccnn3)c2c1CCc1ccccn1. The van der Waals surface area contributed by atoms with Crippen LogP contribution in [0.2, 0.25) is 0 Å². The van der Waals surface area contributed by atoms with Gasteiger partial charge < -0.3 is 0 Å². The second kappa shape index (κ2) is 11.8. The lowest BCUT2D eigenvalue weighted by Crippen LogP contribution is -2.12. The third kappa shape index (κ3) is 5.71. The van der Waals surface area contributed by atoms with Gasteiger partial charge in [0.15, 0.2) is 0 Å². The second-order valence-electron chi connectivity index (χ2n) is 9.70. The van der Waals surface area contributed by atoms with Gasteiger partial charge in [-0.15, -0.1) is 0 Å². The molecule has 0 aliphatic carbocycles. The van der Waals surface area contributed by atoms with Gasteiger partial charge in [0.2, 0.25) is 0 Å². The minimum Gasteiger partial charge on any atom is -0.261 e. The fourth-order valence-electron chi connectivity index (χ4n) is 5.16. The van der Waals surface area contributed by atoms with Gasteiger partial charge in [-0.3, -0.25) is 19.9 Å². The van der Waals surface area contributed by atoms with E-state index in [1.807, 2.05) is 36.5 Å². The molecule has 0 radical (unpaired) electrons. The van der Waals surface area contributed by atoms with Crippen LogP contribution >= 0.6 is 0 Å². The molecule has 0 spiro atoms. The number of hydrogen-bond donors (Lipinski definition) is 0. The normalized spacial score (nSPS) is 11.1. The van der Waals surface area contributed by atoms with E-state index in [1.165, 1.54) is 16.7 Å². The largest absolute Gasteiger partial charge is 0.261 e. The Bertz CT molecular complexity index is 1710. The van der Waals surface area contributed by atoms with Crippen molar-refractivity contribution in [3.63, 3.8) is 0 Å². The lowest BCUT2D eigenvalue weighted by Gasteiger charge is -2.20. The predicted molar refractivity (Wildman–Crippen MR) is 153 cm³/mol. The zero-order chi connectivity index (χ0) is 27.1. The van der Waals surface area contributed by atoms with Crippen LogP contribution in [0.3, 0.4) is 0 Å². The van der Waals surface area contributed by atoms with E-state index in [-0.39, 0.29) is 0 Å². The number of aryl methyl sites for hydroxylation is 3. The summed E-state index contributed by atoms with van der Waals surface area (Å²) in [4.78, 5) is 27.8. The first kappa shape index (κ1) is 25.3. The van der Waals surface area contributed by atoms with Crippen LogP contribution in [-0.2, 0) is 32.1 Å². The fraction of sp³-hybridized carbons (Fsp3) is 0.188. The molecule has 0 unspecified atom stereocenters. The summed E-state index contributed by atoms with van der Waals surface area (Å²) in [7, 11) is 0. The van der Waals surface area contributed by atoms with Crippen molar-refractivity contribution in [3.05, 3.63) is 143 Å². The minimum atomic E-state index is 0.544. The van der Waals surface area contributed by atoms with E-state index in [9.17, 15) is 0 Å². The lowest BCUT2D eigenvalue weighted by atomic mass is 9.87. The molecule has 40 heavy (non-hydrogen) atoms. The highest BCUT2D eigenvalue weighted by molar-refractivity contribution is 5.88. The molecule has 0 bridgehead atoms. The third-order valence-corrected chi connectivity index (χ3v) is 7.06. The Hall–Kier alpha value is -4.98. The summed E-state index contributed by atoms with van der Waals surface area (Å²) in [5, 5.41) is 9.78. The van der Waals surface area contributed by atoms with Gasteiger partial charge in [-0.25, -0.2) is 9.97 Å². The first-order chi connectivity index (χ1) is 19.7. The lowest BCUT2D eigenvalue weighted by molar-refractivity contribution is 0.881. The zero-order valence-corrected chi connectivity index (χ0v) is 22.3. The van der Waals surface area contributed by atoms with Gasteiger partial charge in [-0.2, -0.15) is 10.2 Å². The van der Waals surface area contributed by atoms with Crippen LogP contribution in [0.1, 0.15) is 50.9 Å². The minimum absolute atomic E-state index is 0.544. The van der Waals surface area contributed by atoms with E-state index >= 15 is 0 Å². The van der Waals surface area contributed by atoms with Gasteiger partial charge in [-0.1, -0.05) is 12.1 Å². The molecule has 8 nitrogen and oxygen atoms in total. The number of nitrogens with zero attached hydrogens (tertiary/aromatic N) is 8. The maximum absolute atomic E-state index is 5.25. The predicted octanol–water partition coefficient (Wildman–Crippen LogP) is 4.87. The number of fused-ring (bicyclic) bond motifs is 1. The molecular weight excluding hydrogens is 496 g/mol. The fourth-order valence-corrected chi connectivity index (χ4v) is 5.16. The first-order valence-corrected chi connectivity index (χ1v) is 13.3. The molecule has 0 aliphatic heterocycles. The van der Waals surface area contributed by atoms with E-state index in [1.54, 1.807) is 37.2 Å². The second-order valence-corrected chi connectivity index (χ2v) is 9.70. The van der Waals surface area contributed by atoms with Crippen LogP contribution in [0, 0.1) is 6.92 Å². The average Bonchev–Trinajstić information content (AvgIpc) is 3.00. The van der Waals surface area contributed by atoms with Crippen molar-refractivity contribution in [3.8, 4) is 0 Å². The van der Waals surface area contributed by atoms with Gasteiger partial charge >= 0.3 is 0 Å². The highest BCUT2D eigenvalue weighted by atomic mass is 15.1. The quantitative estimate of drug-likeness (QED) is 0.264. The Labute approximate surface area is 232 Å². The summed E-state index contributed by atoms with van der Waals surface area (Å²) in [6.45, 7) is 2.17. The van der Waals surface area contributed by atoms with Gasteiger partial charge in [0, 0.05) is 73.7 Å². The van der Waals surface area contributed by atoms with Crippen LogP contribution in [-0.4, -0.2) is 40.1 Å². The molecule has 0 N–H and O–H groups in total. The molecule has 8 heteroatoms. The average molecular weight is 525 g/mol. The van der Waals surface area contributed by atoms with Gasteiger partial charge in [0.25, 0.3) is 0 Å². The molecule has 6 rings (SSSR count). The van der Waals surface area contributed by atoms with Crippen LogP contribution in [0.15, 0.2) is 91.9 Å².